The van der Waals surface area contributed by atoms with Gasteiger partial charge in [-0.05, 0) is 109 Å². The number of anilines is 3. The van der Waals surface area contributed by atoms with E-state index in [0.29, 0.717) is 0 Å². The Hall–Kier alpha value is -8.98. The lowest BCUT2D eigenvalue weighted by atomic mass is 9.67. The molecule has 70 heavy (non-hydrogen) atoms. The third-order valence-corrected chi connectivity index (χ3v) is 15.2. The topological polar surface area (TPSA) is 16.4 Å². The summed E-state index contributed by atoms with van der Waals surface area (Å²) in [6.45, 7) is 0. The van der Waals surface area contributed by atoms with Gasteiger partial charge >= 0.3 is 0 Å². The van der Waals surface area contributed by atoms with Crippen molar-refractivity contribution in [1.82, 2.24) is 0 Å². The van der Waals surface area contributed by atoms with Crippen LogP contribution in [0, 0.1) is 0 Å². The summed E-state index contributed by atoms with van der Waals surface area (Å²) < 4.78 is 6.25. The Kier molecular flexibility index (Phi) is 9.06. The molecule has 0 N–H and O–H groups in total. The summed E-state index contributed by atoms with van der Waals surface area (Å²) in [4.78, 5) is 2.56. The van der Waals surface area contributed by atoms with Crippen molar-refractivity contribution in [3.8, 4) is 33.4 Å². The van der Waals surface area contributed by atoms with Crippen LogP contribution in [0.5, 0.6) is 0 Å². The van der Waals surface area contributed by atoms with Crippen LogP contribution in [-0.4, -0.2) is 0 Å². The highest BCUT2D eigenvalue weighted by Crippen LogP contribution is 2.63. The van der Waals surface area contributed by atoms with Crippen molar-refractivity contribution >= 4 is 39.0 Å². The van der Waals surface area contributed by atoms with E-state index in [-0.39, 0.29) is 0 Å². The Bertz CT molecular complexity index is 3670. The predicted molar refractivity (Wildman–Crippen MR) is 288 cm³/mol. The molecule has 0 radical (unpaired) electrons. The first-order valence-electron chi connectivity index (χ1n) is 24.3. The van der Waals surface area contributed by atoms with Gasteiger partial charge in [-0.3, -0.25) is 0 Å². The summed E-state index contributed by atoms with van der Waals surface area (Å²) in [7, 11) is 0. The van der Waals surface area contributed by atoms with E-state index in [1.807, 2.05) is 12.1 Å². The van der Waals surface area contributed by atoms with E-state index in [4.69, 9.17) is 4.42 Å². The number of para-hydroxylation sites is 1. The lowest BCUT2D eigenvalue weighted by molar-refractivity contribution is 0.669. The van der Waals surface area contributed by atoms with Crippen molar-refractivity contribution in [2.75, 3.05) is 4.90 Å². The SMILES string of the molecule is c1ccc(C2(c3ccccc3)c3ccccc3-c3c(N(c4ccc(-c5ccc6oc7ccccc7c6c5)cc4)c4cccc5c4-c4ccccc4C5(c4ccccc4)c4ccccc4)cccc32)cc1. The van der Waals surface area contributed by atoms with E-state index in [0.717, 1.165) is 50.1 Å². The molecule has 1 heterocycles. The van der Waals surface area contributed by atoms with Gasteiger partial charge in [-0.2, -0.15) is 0 Å². The van der Waals surface area contributed by atoms with E-state index in [2.05, 4.69) is 266 Å². The molecule has 0 aliphatic heterocycles. The summed E-state index contributed by atoms with van der Waals surface area (Å²) in [6, 6.07) is 101. The molecule has 2 nitrogen and oxygen atoms in total. The van der Waals surface area contributed by atoms with Gasteiger partial charge < -0.3 is 9.32 Å². The van der Waals surface area contributed by atoms with Crippen LogP contribution in [0.3, 0.4) is 0 Å². The second kappa shape index (κ2) is 15.8. The summed E-state index contributed by atoms with van der Waals surface area (Å²) in [6.07, 6.45) is 0. The van der Waals surface area contributed by atoms with E-state index in [1.54, 1.807) is 0 Å². The number of furan rings is 1. The average molecular weight is 892 g/mol. The number of benzene rings is 11. The molecule has 0 saturated carbocycles. The minimum atomic E-state index is -0.559. The van der Waals surface area contributed by atoms with Crippen molar-refractivity contribution in [1.29, 1.82) is 0 Å². The van der Waals surface area contributed by atoms with Crippen LogP contribution in [0.25, 0.3) is 55.3 Å². The fraction of sp³-hybridized carbons (Fsp3) is 0.0294. The number of nitrogens with zero attached hydrogens (tertiary/aromatic N) is 1. The van der Waals surface area contributed by atoms with Gasteiger partial charge in [0.15, 0.2) is 0 Å². The highest BCUT2D eigenvalue weighted by Gasteiger charge is 2.49. The Balaban J connectivity index is 1.06. The van der Waals surface area contributed by atoms with E-state index in [9.17, 15) is 0 Å². The molecule has 328 valence electrons. The highest BCUT2D eigenvalue weighted by atomic mass is 16.3. The normalized spacial score (nSPS) is 13.7. The maximum Gasteiger partial charge on any atom is 0.135 e. The molecule has 0 saturated heterocycles. The summed E-state index contributed by atoms with van der Waals surface area (Å²) in [5.74, 6) is 0. The molecule has 2 heteroatoms. The molecule has 12 aromatic rings. The third-order valence-electron chi connectivity index (χ3n) is 15.2. The fourth-order valence-corrected chi connectivity index (χ4v) is 12.4. The molecule has 11 aromatic carbocycles. The molecule has 1 aromatic heterocycles. The number of hydrogen-bond donors (Lipinski definition) is 0. The third kappa shape index (κ3) is 5.68. The Morgan fingerprint density at radius 3 is 1.19 bits per heavy atom. The Morgan fingerprint density at radius 2 is 0.686 bits per heavy atom. The molecule has 0 amide bonds. The van der Waals surface area contributed by atoms with Crippen LogP contribution >= 0.6 is 0 Å². The van der Waals surface area contributed by atoms with Gasteiger partial charge in [0.05, 0.1) is 22.2 Å². The van der Waals surface area contributed by atoms with Crippen LogP contribution in [0.15, 0.2) is 277 Å². The number of hydrogen-bond acceptors (Lipinski definition) is 2. The smallest absolute Gasteiger partial charge is 0.135 e. The molecule has 14 rings (SSSR count). The fourth-order valence-electron chi connectivity index (χ4n) is 12.4. The van der Waals surface area contributed by atoms with Crippen molar-refractivity contribution in [3.05, 3.63) is 317 Å². The number of fused-ring (bicyclic) bond motifs is 9. The van der Waals surface area contributed by atoms with Gasteiger partial charge in [0, 0.05) is 27.6 Å². The maximum absolute atomic E-state index is 6.25. The summed E-state index contributed by atoms with van der Waals surface area (Å²) >= 11 is 0. The van der Waals surface area contributed by atoms with Gasteiger partial charge in [0.2, 0.25) is 0 Å². The summed E-state index contributed by atoms with van der Waals surface area (Å²) in [5.41, 5.74) is 21.3. The van der Waals surface area contributed by atoms with Crippen molar-refractivity contribution in [2.24, 2.45) is 0 Å². The average Bonchev–Trinajstić information content (AvgIpc) is 4.08. The predicted octanol–water partition coefficient (Wildman–Crippen LogP) is 17.4. The molecule has 0 fully saturated rings. The minimum Gasteiger partial charge on any atom is -0.456 e. The molecule has 2 aliphatic carbocycles. The lowest BCUT2D eigenvalue weighted by Crippen LogP contribution is -2.28. The van der Waals surface area contributed by atoms with E-state index in [1.165, 1.54) is 66.8 Å². The first-order valence-corrected chi connectivity index (χ1v) is 24.3. The van der Waals surface area contributed by atoms with Crippen LogP contribution in [0.1, 0.15) is 44.5 Å². The zero-order valence-corrected chi connectivity index (χ0v) is 38.3. The zero-order valence-electron chi connectivity index (χ0n) is 38.3. The first-order chi connectivity index (χ1) is 34.7. The first kappa shape index (κ1) is 40.1. The Labute approximate surface area is 408 Å². The monoisotopic (exact) mass is 891 g/mol. The van der Waals surface area contributed by atoms with Crippen LogP contribution < -0.4 is 4.90 Å². The highest BCUT2D eigenvalue weighted by molar-refractivity contribution is 6.07. The molecule has 0 atom stereocenters. The van der Waals surface area contributed by atoms with Crippen LogP contribution in [0.2, 0.25) is 0 Å². The quantitative estimate of drug-likeness (QED) is 0.151. The van der Waals surface area contributed by atoms with Crippen molar-refractivity contribution in [3.63, 3.8) is 0 Å². The molecule has 0 unspecified atom stereocenters. The second-order valence-electron chi connectivity index (χ2n) is 18.6. The van der Waals surface area contributed by atoms with Gasteiger partial charge in [-0.15, -0.1) is 0 Å². The zero-order chi connectivity index (χ0) is 46.2. The maximum atomic E-state index is 6.25. The largest absolute Gasteiger partial charge is 0.456 e. The molecular formula is C68H45NO. The molecule has 0 bridgehead atoms. The van der Waals surface area contributed by atoms with Gasteiger partial charge in [0.1, 0.15) is 11.2 Å². The standard InChI is InChI=1S/C68H45NO/c1-5-21-48(22-6-1)67(49-23-7-2-8-24-49)57-32-16-13-30-54(57)65-59(67)34-19-36-61(65)69(52-42-39-46(40-43-52)47-41-44-64-56(45-47)53-29-15-18-38-63(53)70-64)62-37-20-35-60-66(62)55-31-14-17-33-58(55)68(60,50-25-9-3-10-26-50)51-27-11-4-12-28-51/h1-45H. The molecule has 2 aliphatic rings. The Morgan fingerprint density at radius 1 is 0.286 bits per heavy atom. The van der Waals surface area contributed by atoms with Crippen molar-refractivity contribution in [2.45, 2.75) is 10.8 Å². The van der Waals surface area contributed by atoms with Crippen LogP contribution in [-0.2, 0) is 10.8 Å². The van der Waals surface area contributed by atoms with Crippen LogP contribution in [0.4, 0.5) is 17.1 Å². The number of rotatable bonds is 8. The van der Waals surface area contributed by atoms with E-state index < -0.39 is 10.8 Å². The lowest BCUT2D eigenvalue weighted by Gasteiger charge is -2.35. The van der Waals surface area contributed by atoms with Crippen molar-refractivity contribution < 1.29 is 4.42 Å². The van der Waals surface area contributed by atoms with Gasteiger partial charge in [-0.1, -0.05) is 231 Å². The van der Waals surface area contributed by atoms with Gasteiger partial charge in [0.25, 0.3) is 0 Å². The second-order valence-corrected chi connectivity index (χ2v) is 18.6. The van der Waals surface area contributed by atoms with Gasteiger partial charge in [-0.25, -0.2) is 0 Å². The minimum absolute atomic E-state index is 0.559. The summed E-state index contributed by atoms with van der Waals surface area (Å²) in [5, 5.41) is 2.25. The molecular weight excluding hydrogens is 847 g/mol. The van der Waals surface area contributed by atoms with E-state index >= 15 is 0 Å². The molecule has 0 spiro atoms.